The average molecular weight is 128 g/mol. The molecule has 0 atom stereocenters. The Morgan fingerprint density at radius 2 is 2.56 bits per heavy atom. The number of hydrogen-bond acceptors (Lipinski definition) is 3. The van der Waals surface area contributed by atoms with E-state index in [1.54, 1.807) is 0 Å². The summed E-state index contributed by atoms with van der Waals surface area (Å²) in [5.41, 5.74) is 2.96. The predicted octanol–water partition coefficient (Wildman–Crippen LogP) is 0.314. The van der Waals surface area contributed by atoms with E-state index in [0.717, 1.165) is 25.5 Å². The van der Waals surface area contributed by atoms with Gasteiger partial charge >= 0.3 is 0 Å². The second kappa shape index (κ2) is 2.73. The van der Waals surface area contributed by atoms with E-state index in [1.165, 1.54) is 0 Å². The number of hydrazine groups is 1. The largest absolute Gasteiger partial charge is 0.479 e. The summed E-state index contributed by atoms with van der Waals surface area (Å²) in [5.74, 6) is 0.726. The molecule has 1 rings (SSSR count). The molecule has 1 heterocycles. The van der Waals surface area contributed by atoms with E-state index < -0.39 is 0 Å². The topological polar surface area (TPSA) is 24.5 Å². The summed E-state index contributed by atoms with van der Waals surface area (Å²) >= 11 is 0. The first kappa shape index (κ1) is 6.42. The first-order valence-electron chi connectivity index (χ1n) is 3.11. The normalized spacial score (nSPS) is 19.7. The minimum atomic E-state index is 0.726. The van der Waals surface area contributed by atoms with Crippen LogP contribution in [0.4, 0.5) is 0 Å². The van der Waals surface area contributed by atoms with Gasteiger partial charge in [-0.2, -0.15) is 0 Å². The Labute approximate surface area is 55.3 Å². The standard InChI is InChI=1S/C6H12N2O/c1-6-8(7-2)4-3-5-9-6/h7H,1,3-5H2,2H3. The monoisotopic (exact) mass is 128 g/mol. The molecule has 9 heavy (non-hydrogen) atoms. The molecule has 0 radical (unpaired) electrons. The smallest absolute Gasteiger partial charge is 0.196 e. The van der Waals surface area contributed by atoms with Crippen LogP contribution in [0.25, 0.3) is 0 Å². The van der Waals surface area contributed by atoms with Crippen molar-refractivity contribution in [3.63, 3.8) is 0 Å². The van der Waals surface area contributed by atoms with Gasteiger partial charge in [-0.3, -0.25) is 5.01 Å². The zero-order chi connectivity index (χ0) is 6.69. The number of ether oxygens (including phenoxy) is 1. The molecule has 1 saturated heterocycles. The lowest BCUT2D eigenvalue weighted by Crippen LogP contribution is -2.39. The Kier molecular flexibility index (Phi) is 1.95. The van der Waals surface area contributed by atoms with Crippen molar-refractivity contribution in [1.29, 1.82) is 0 Å². The van der Waals surface area contributed by atoms with E-state index in [0.29, 0.717) is 0 Å². The fourth-order valence-electron chi connectivity index (χ4n) is 0.852. The summed E-state index contributed by atoms with van der Waals surface area (Å²) < 4.78 is 5.15. The first-order valence-corrected chi connectivity index (χ1v) is 3.11. The van der Waals surface area contributed by atoms with Crippen molar-refractivity contribution in [2.45, 2.75) is 6.42 Å². The molecular weight excluding hydrogens is 116 g/mol. The van der Waals surface area contributed by atoms with Gasteiger partial charge < -0.3 is 4.74 Å². The Hall–Kier alpha value is -0.700. The summed E-state index contributed by atoms with van der Waals surface area (Å²) in [6, 6.07) is 0. The summed E-state index contributed by atoms with van der Waals surface area (Å²) in [6.45, 7) is 5.51. The van der Waals surface area contributed by atoms with Gasteiger partial charge in [0, 0.05) is 20.0 Å². The number of hydrogen-bond donors (Lipinski definition) is 1. The SMILES string of the molecule is C=C1OCCCN1NC. The number of rotatable bonds is 1. The van der Waals surface area contributed by atoms with Crippen LogP contribution in [-0.2, 0) is 4.74 Å². The van der Waals surface area contributed by atoms with E-state index >= 15 is 0 Å². The maximum absolute atomic E-state index is 5.15. The molecule has 1 N–H and O–H groups in total. The maximum Gasteiger partial charge on any atom is 0.196 e. The number of nitrogens with zero attached hydrogens (tertiary/aromatic N) is 1. The third-order valence-corrected chi connectivity index (χ3v) is 1.37. The van der Waals surface area contributed by atoms with E-state index in [-0.39, 0.29) is 0 Å². The van der Waals surface area contributed by atoms with Gasteiger partial charge in [0.1, 0.15) is 0 Å². The second-order valence-corrected chi connectivity index (χ2v) is 1.97. The fourth-order valence-corrected chi connectivity index (χ4v) is 0.852. The molecule has 52 valence electrons. The van der Waals surface area contributed by atoms with E-state index in [4.69, 9.17) is 4.74 Å². The zero-order valence-corrected chi connectivity index (χ0v) is 5.68. The molecule has 0 saturated carbocycles. The van der Waals surface area contributed by atoms with Gasteiger partial charge in [0.2, 0.25) is 0 Å². The number of nitrogens with one attached hydrogen (secondary N) is 1. The van der Waals surface area contributed by atoms with Crippen LogP contribution in [0.5, 0.6) is 0 Å². The molecule has 0 amide bonds. The third-order valence-electron chi connectivity index (χ3n) is 1.37. The van der Waals surface area contributed by atoms with E-state index in [9.17, 15) is 0 Å². The Morgan fingerprint density at radius 1 is 1.78 bits per heavy atom. The van der Waals surface area contributed by atoms with Crippen LogP contribution in [0.1, 0.15) is 6.42 Å². The maximum atomic E-state index is 5.15. The molecule has 0 aromatic heterocycles. The van der Waals surface area contributed by atoms with E-state index in [2.05, 4.69) is 12.0 Å². The van der Waals surface area contributed by atoms with Crippen LogP contribution in [0.15, 0.2) is 12.5 Å². The predicted molar refractivity (Wildman–Crippen MR) is 35.5 cm³/mol. The first-order chi connectivity index (χ1) is 4.34. The van der Waals surface area contributed by atoms with Gasteiger partial charge in [-0.25, -0.2) is 5.43 Å². The Balaban J connectivity index is 2.39. The van der Waals surface area contributed by atoms with Crippen molar-refractivity contribution in [3.05, 3.63) is 12.5 Å². The highest BCUT2D eigenvalue weighted by Gasteiger charge is 2.10. The highest BCUT2D eigenvalue weighted by Crippen LogP contribution is 2.07. The van der Waals surface area contributed by atoms with Crippen molar-refractivity contribution in [1.82, 2.24) is 10.4 Å². The van der Waals surface area contributed by atoms with Crippen molar-refractivity contribution in [2.75, 3.05) is 20.2 Å². The van der Waals surface area contributed by atoms with Crippen LogP contribution in [0.3, 0.4) is 0 Å². The van der Waals surface area contributed by atoms with Gasteiger partial charge in [0.05, 0.1) is 6.61 Å². The third kappa shape index (κ3) is 1.36. The molecule has 0 bridgehead atoms. The molecule has 3 heteroatoms. The Morgan fingerprint density at radius 3 is 3.00 bits per heavy atom. The van der Waals surface area contributed by atoms with Crippen LogP contribution >= 0.6 is 0 Å². The summed E-state index contributed by atoms with van der Waals surface area (Å²) in [5, 5.41) is 1.89. The fraction of sp³-hybridized carbons (Fsp3) is 0.667. The summed E-state index contributed by atoms with van der Waals surface area (Å²) in [6.07, 6.45) is 1.07. The zero-order valence-electron chi connectivity index (χ0n) is 5.68. The molecule has 3 nitrogen and oxygen atoms in total. The quantitative estimate of drug-likeness (QED) is 0.550. The molecule has 1 aliphatic rings. The minimum absolute atomic E-state index is 0.726. The van der Waals surface area contributed by atoms with Crippen molar-refractivity contribution in [2.24, 2.45) is 0 Å². The average Bonchev–Trinajstić information content (AvgIpc) is 1.89. The summed E-state index contributed by atoms with van der Waals surface area (Å²) in [7, 11) is 1.86. The highest BCUT2D eigenvalue weighted by molar-refractivity contribution is 4.83. The van der Waals surface area contributed by atoms with Crippen LogP contribution < -0.4 is 5.43 Å². The van der Waals surface area contributed by atoms with Gasteiger partial charge in [0.25, 0.3) is 0 Å². The molecule has 0 spiro atoms. The summed E-state index contributed by atoms with van der Waals surface area (Å²) in [4.78, 5) is 0. The van der Waals surface area contributed by atoms with Crippen LogP contribution in [-0.4, -0.2) is 25.2 Å². The molecule has 1 fully saturated rings. The minimum Gasteiger partial charge on any atom is -0.479 e. The molecule has 0 aromatic rings. The lowest BCUT2D eigenvalue weighted by Gasteiger charge is -2.29. The van der Waals surface area contributed by atoms with Crippen LogP contribution in [0, 0.1) is 0 Å². The molecule has 1 aliphatic heterocycles. The van der Waals surface area contributed by atoms with Crippen molar-refractivity contribution in [3.8, 4) is 0 Å². The van der Waals surface area contributed by atoms with Gasteiger partial charge in [-0.15, -0.1) is 0 Å². The van der Waals surface area contributed by atoms with Gasteiger partial charge in [-0.1, -0.05) is 0 Å². The lowest BCUT2D eigenvalue weighted by molar-refractivity contribution is 0.0413. The van der Waals surface area contributed by atoms with Crippen LogP contribution in [0.2, 0.25) is 0 Å². The molecule has 0 aliphatic carbocycles. The van der Waals surface area contributed by atoms with Gasteiger partial charge in [-0.05, 0) is 6.58 Å². The van der Waals surface area contributed by atoms with Crippen molar-refractivity contribution >= 4 is 0 Å². The molecular formula is C6H12N2O. The van der Waals surface area contributed by atoms with Gasteiger partial charge in [0.15, 0.2) is 5.88 Å². The lowest BCUT2D eigenvalue weighted by atomic mass is 10.4. The second-order valence-electron chi connectivity index (χ2n) is 1.97. The Bertz CT molecular complexity index is 114. The van der Waals surface area contributed by atoms with E-state index in [1.807, 2.05) is 12.1 Å². The van der Waals surface area contributed by atoms with Crippen molar-refractivity contribution < 1.29 is 4.74 Å². The molecule has 0 unspecified atom stereocenters. The highest BCUT2D eigenvalue weighted by atomic mass is 16.5. The molecule has 0 aromatic carbocycles.